The molecule has 2 atom stereocenters. The van der Waals surface area contributed by atoms with Crippen LogP contribution in [0.15, 0.2) is 60.7 Å². The smallest absolute Gasteiger partial charge is 0.410 e. The van der Waals surface area contributed by atoms with E-state index in [4.69, 9.17) is 25.8 Å². The highest BCUT2D eigenvalue weighted by Crippen LogP contribution is 2.24. The summed E-state index contributed by atoms with van der Waals surface area (Å²) >= 11 is 5.49. The first-order chi connectivity index (χ1) is 14.6. The largest absolute Gasteiger partial charge is 0.459 e. The maximum atomic E-state index is 12.7. The molecule has 1 heterocycles. The SMILES string of the molecule is O=C(CCl)O[C@@H]1C[C@@H](C(=O)OCc2ccccc2)N(C(=O)OCc2ccccc2)C1. The lowest BCUT2D eigenvalue weighted by Gasteiger charge is -2.22. The summed E-state index contributed by atoms with van der Waals surface area (Å²) in [4.78, 5) is 38.1. The number of benzene rings is 2. The molecule has 1 fully saturated rings. The second-order valence-corrected chi connectivity index (χ2v) is 7.05. The van der Waals surface area contributed by atoms with Gasteiger partial charge in [0.15, 0.2) is 0 Å². The Labute approximate surface area is 179 Å². The first-order valence-corrected chi connectivity index (χ1v) is 10.0. The van der Waals surface area contributed by atoms with Gasteiger partial charge < -0.3 is 14.2 Å². The molecule has 0 N–H and O–H groups in total. The molecular weight excluding hydrogens is 410 g/mol. The number of amides is 1. The van der Waals surface area contributed by atoms with E-state index in [1.165, 1.54) is 4.90 Å². The van der Waals surface area contributed by atoms with E-state index in [1.54, 1.807) is 0 Å². The van der Waals surface area contributed by atoms with Crippen molar-refractivity contribution >= 4 is 29.6 Å². The van der Waals surface area contributed by atoms with Crippen molar-refractivity contribution in [3.05, 3.63) is 71.8 Å². The third-order valence-electron chi connectivity index (χ3n) is 4.61. The zero-order valence-electron chi connectivity index (χ0n) is 16.2. The van der Waals surface area contributed by atoms with Gasteiger partial charge in [0.05, 0.1) is 6.54 Å². The molecule has 0 radical (unpaired) electrons. The summed E-state index contributed by atoms with van der Waals surface area (Å²) < 4.78 is 15.9. The van der Waals surface area contributed by atoms with Crippen LogP contribution in [0.2, 0.25) is 0 Å². The molecule has 0 spiro atoms. The Morgan fingerprint density at radius 2 is 1.47 bits per heavy atom. The molecule has 1 saturated heterocycles. The highest BCUT2D eigenvalue weighted by atomic mass is 35.5. The molecule has 0 bridgehead atoms. The first kappa shape index (κ1) is 21.6. The first-order valence-electron chi connectivity index (χ1n) is 9.50. The van der Waals surface area contributed by atoms with E-state index in [0.717, 1.165) is 11.1 Å². The van der Waals surface area contributed by atoms with E-state index in [-0.39, 0.29) is 32.1 Å². The van der Waals surface area contributed by atoms with Gasteiger partial charge in [-0.05, 0) is 11.1 Å². The maximum Gasteiger partial charge on any atom is 0.410 e. The van der Waals surface area contributed by atoms with E-state index < -0.39 is 30.2 Å². The number of alkyl halides is 1. The van der Waals surface area contributed by atoms with Crippen molar-refractivity contribution in [1.29, 1.82) is 0 Å². The van der Waals surface area contributed by atoms with Gasteiger partial charge in [0.25, 0.3) is 0 Å². The Kier molecular flexibility index (Phi) is 7.68. The summed E-state index contributed by atoms with van der Waals surface area (Å²) in [5.74, 6) is -1.50. The van der Waals surface area contributed by atoms with E-state index >= 15 is 0 Å². The summed E-state index contributed by atoms with van der Waals surface area (Å²) in [5, 5.41) is 0. The lowest BCUT2D eigenvalue weighted by atomic mass is 10.2. The topological polar surface area (TPSA) is 82.1 Å². The summed E-state index contributed by atoms with van der Waals surface area (Å²) in [6, 6.07) is 17.5. The zero-order chi connectivity index (χ0) is 21.3. The molecule has 1 aliphatic heterocycles. The summed E-state index contributed by atoms with van der Waals surface area (Å²) in [6.45, 7) is 0.171. The zero-order valence-corrected chi connectivity index (χ0v) is 17.0. The average molecular weight is 432 g/mol. The third kappa shape index (κ3) is 5.97. The molecule has 0 aromatic heterocycles. The van der Waals surface area contributed by atoms with Crippen LogP contribution in [0, 0.1) is 0 Å². The number of carbonyl (C=O) groups is 3. The Morgan fingerprint density at radius 1 is 0.900 bits per heavy atom. The van der Waals surface area contributed by atoms with E-state index in [9.17, 15) is 14.4 Å². The van der Waals surface area contributed by atoms with Crippen LogP contribution in [0.5, 0.6) is 0 Å². The third-order valence-corrected chi connectivity index (χ3v) is 4.82. The van der Waals surface area contributed by atoms with Gasteiger partial charge in [0.1, 0.15) is 31.2 Å². The molecule has 158 valence electrons. The highest BCUT2D eigenvalue weighted by Gasteiger charge is 2.43. The van der Waals surface area contributed by atoms with Gasteiger partial charge in [-0.15, -0.1) is 11.6 Å². The van der Waals surface area contributed by atoms with Gasteiger partial charge in [0, 0.05) is 6.42 Å². The number of rotatable bonds is 7. The molecule has 2 aromatic rings. The van der Waals surface area contributed by atoms with E-state index in [0.29, 0.717) is 0 Å². The Bertz CT molecular complexity index is 797. The molecule has 8 heteroatoms. The van der Waals surface area contributed by atoms with Gasteiger partial charge in [-0.2, -0.15) is 0 Å². The lowest BCUT2D eigenvalue weighted by Crippen LogP contribution is -2.41. The van der Waals surface area contributed by atoms with Gasteiger partial charge >= 0.3 is 18.0 Å². The van der Waals surface area contributed by atoms with Crippen LogP contribution in [0.1, 0.15) is 17.5 Å². The number of carbonyl (C=O) groups excluding carboxylic acids is 3. The van der Waals surface area contributed by atoms with Crippen LogP contribution in [-0.2, 0) is 37.0 Å². The van der Waals surface area contributed by atoms with Gasteiger partial charge in [-0.1, -0.05) is 60.7 Å². The molecule has 3 rings (SSSR count). The standard InChI is InChI=1S/C22H22ClNO6/c23-12-20(25)30-18-11-19(21(26)28-14-16-7-3-1-4-8-16)24(13-18)22(27)29-15-17-9-5-2-6-10-17/h1-10,18-19H,11-15H2/t18-,19+/m1/s1. The fraction of sp³-hybridized carbons (Fsp3) is 0.318. The Balaban J connectivity index is 1.64. The van der Waals surface area contributed by atoms with E-state index in [1.807, 2.05) is 60.7 Å². The number of nitrogens with zero attached hydrogens (tertiary/aromatic N) is 1. The molecule has 0 unspecified atom stereocenters. The minimum atomic E-state index is -0.912. The number of esters is 2. The lowest BCUT2D eigenvalue weighted by molar-refractivity contribution is -0.150. The van der Waals surface area contributed by atoms with Crippen LogP contribution in [0.25, 0.3) is 0 Å². The van der Waals surface area contributed by atoms with Crippen molar-refractivity contribution in [3.8, 4) is 0 Å². The van der Waals surface area contributed by atoms with E-state index in [2.05, 4.69) is 0 Å². The fourth-order valence-electron chi connectivity index (χ4n) is 3.15. The van der Waals surface area contributed by atoms with Gasteiger partial charge in [-0.25, -0.2) is 9.59 Å². The molecule has 30 heavy (non-hydrogen) atoms. The number of likely N-dealkylation sites (tertiary alicyclic amines) is 1. The van der Waals surface area contributed by atoms with Crippen molar-refractivity contribution in [2.24, 2.45) is 0 Å². The van der Waals surface area contributed by atoms with Crippen LogP contribution in [-0.4, -0.2) is 47.5 Å². The number of hydrogen-bond donors (Lipinski definition) is 0. The molecule has 7 nitrogen and oxygen atoms in total. The molecule has 0 aliphatic carbocycles. The molecule has 1 aliphatic rings. The normalized spacial score (nSPS) is 18.0. The van der Waals surface area contributed by atoms with Crippen LogP contribution in [0.3, 0.4) is 0 Å². The molecular formula is C22H22ClNO6. The number of hydrogen-bond acceptors (Lipinski definition) is 6. The monoisotopic (exact) mass is 431 g/mol. The van der Waals surface area contributed by atoms with Crippen molar-refractivity contribution < 1.29 is 28.6 Å². The van der Waals surface area contributed by atoms with Crippen LogP contribution in [0.4, 0.5) is 4.79 Å². The van der Waals surface area contributed by atoms with Crippen molar-refractivity contribution in [3.63, 3.8) is 0 Å². The number of ether oxygens (including phenoxy) is 3. The van der Waals surface area contributed by atoms with Gasteiger partial charge in [0.2, 0.25) is 0 Å². The second-order valence-electron chi connectivity index (χ2n) is 6.78. The average Bonchev–Trinajstić information content (AvgIpc) is 3.21. The number of halogens is 1. The Morgan fingerprint density at radius 3 is 2.03 bits per heavy atom. The maximum absolute atomic E-state index is 12.7. The van der Waals surface area contributed by atoms with Crippen molar-refractivity contribution in [2.45, 2.75) is 31.8 Å². The highest BCUT2D eigenvalue weighted by molar-refractivity contribution is 6.26. The van der Waals surface area contributed by atoms with Crippen molar-refractivity contribution in [2.75, 3.05) is 12.4 Å². The molecule has 0 saturated carbocycles. The van der Waals surface area contributed by atoms with Crippen LogP contribution >= 0.6 is 11.6 Å². The minimum Gasteiger partial charge on any atom is -0.459 e. The predicted octanol–water partition coefficient (Wildman–Crippen LogP) is 3.29. The minimum absolute atomic E-state index is 0.0291. The predicted molar refractivity (Wildman–Crippen MR) is 109 cm³/mol. The fourth-order valence-corrected chi connectivity index (χ4v) is 3.22. The van der Waals surface area contributed by atoms with Crippen molar-refractivity contribution in [1.82, 2.24) is 4.90 Å². The summed E-state index contributed by atoms with van der Waals surface area (Å²) in [6.07, 6.45) is -1.21. The van der Waals surface area contributed by atoms with Gasteiger partial charge in [-0.3, -0.25) is 9.69 Å². The molecule has 2 aromatic carbocycles. The summed E-state index contributed by atoms with van der Waals surface area (Å²) in [7, 11) is 0. The Hall–Kier alpha value is -3.06. The molecule has 1 amide bonds. The van der Waals surface area contributed by atoms with Crippen LogP contribution < -0.4 is 0 Å². The second kappa shape index (κ2) is 10.6. The quantitative estimate of drug-likeness (QED) is 0.380. The summed E-state index contributed by atoms with van der Waals surface area (Å²) in [5.41, 5.74) is 1.64.